The van der Waals surface area contributed by atoms with Crippen LogP contribution in [-0.2, 0) is 4.79 Å². The van der Waals surface area contributed by atoms with Crippen LogP contribution in [0, 0.1) is 17.2 Å². The molecule has 2 unspecified atom stereocenters. The second-order valence-electron chi connectivity index (χ2n) is 5.04. The van der Waals surface area contributed by atoms with Crippen molar-refractivity contribution in [3.05, 3.63) is 0 Å². The van der Waals surface area contributed by atoms with Crippen molar-refractivity contribution in [3.8, 4) is 6.07 Å². The summed E-state index contributed by atoms with van der Waals surface area (Å²) in [7, 11) is 1.82. The first-order valence-corrected chi connectivity index (χ1v) is 5.85. The van der Waals surface area contributed by atoms with Crippen LogP contribution in [0.25, 0.3) is 0 Å². The highest BCUT2D eigenvalue weighted by atomic mass is 16.2. The Bertz CT molecular complexity index is 295. The maximum Gasteiger partial charge on any atom is 0.240 e. The highest BCUT2D eigenvalue weighted by molar-refractivity contribution is 5.82. The van der Waals surface area contributed by atoms with Crippen molar-refractivity contribution in [1.82, 2.24) is 9.80 Å². The van der Waals surface area contributed by atoms with E-state index in [-0.39, 0.29) is 11.9 Å². The van der Waals surface area contributed by atoms with E-state index in [4.69, 9.17) is 5.26 Å². The molecule has 1 aliphatic heterocycles. The van der Waals surface area contributed by atoms with Crippen molar-refractivity contribution >= 4 is 5.91 Å². The van der Waals surface area contributed by atoms with Crippen LogP contribution in [0.2, 0.25) is 0 Å². The van der Waals surface area contributed by atoms with Crippen molar-refractivity contribution in [2.75, 3.05) is 20.1 Å². The molecule has 2 atom stereocenters. The van der Waals surface area contributed by atoms with Crippen molar-refractivity contribution in [2.45, 2.75) is 39.3 Å². The fourth-order valence-corrected chi connectivity index (χ4v) is 2.31. The Morgan fingerprint density at radius 2 is 2.19 bits per heavy atom. The summed E-state index contributed by atoms with van der Waals surface area (Å²) in [6.45, 7) is 8.04. The molecule has 0 aromatic carbocycles. The lowest BCUT2D eigenvalue weighted by molar-refractivity contribution is -0.143. The number of rotatable bonds is 3. The molecule has 4 heteroatoms. The lowest BCUT2D eigenvalue weighted by atomic mass is 10.0. The molecular weight excluding hydrogens is 202 g/mol. The zero-order valence-corrected chi connectivity index (χ0v) is 10.6. The molecule has 4 nitrogen and oxygen atoms in total. The van der Waals surface area contributed by atoms with E-state index < -0.39 is 0 Å². The summed E-state index contributed by atoms with van der Waals surface area (Å²) in [6, 6.07) is 2.21. The third-order valence-electron chi connectivity index (χ3n) is 3.03. The number of piperazine rings is 1. The fraction of sp³-hybridized carbons (Fsp3) is 0.833. The van der Waals surface area contributed by atoms with Gasteiger partial charge < -0.3 is 4.90 Å². The van der Waals surface area contributed by atoms with Gasteiger partial charge in [-0.2, -0.15) is 5.26 Å². The summed E-state index contributed by atoms with van der Waals surface area (Å²) in [5.41, 5.74) is 0. The monoisotopic (exact) mass is 223 g/mol. The molecule has 1 saturated heterocycles. The summed E-state index contributed by atoms with van der Waals surface area (Å²) in [5, 5.41) is 8.81. The molecule has 1 heterocycles. The van der Waals surface area contributed by atoms with Gasteiger partial charge in [-0.1, -0.05) is 13.8 Å². The Labute approximate surface area is 97.8 Å². The molecule has 0 aromatic heterocycles. The van der Waals surface area contributed by atoms with Gasteiger partial charge in [0.05, 0.1) is 12.5 Å². The quantitative estimate of drug-likeness (QED) is 0.719. The molecule has 0 aliphatic carbocycles. The summed E-state index contributed by atoms with van der Waals surface area (Å²) >= 11 is 0. The largest absolute Gasteiger partial charge is 0.343 e. The number of likely N-dealkylation sites (N-methyl/N-ethyl adjacent to an activating group) is 1. The molecule has 1 aliphatic rings. The first-order chi connectivity index (χ1) is 7.47. The normalized spacial score (nSPS) is 27.2. The first kappa shape index (κ1) is 13.0. The van der Waals surface area contributed by atoms with Gasteiger partial charge in [0.1, 0.15) is 6.04 Å². The van der Waals surface area contributed by atoms with Crippen LogP contribution in [0.4, 0.5) is 0 Å². The molecule has 0 saturated carbocycles. The summed E-state index contributed by atoms with van der Waals surface area (Å²) < 4.78 is 0. The van der Waals surface area contributed by atoms with Gasteiger partial charge in [-0.3, -0.25) is 9.69 Å². The smallest absolute Gasteiger partial charge is 0.240 e. The molecule has 16 heavy (non-hydrogen) atoms. The number of carbonyl (C=O) groups is 1. The Hall–Kier alpha value is -1.08. The number of nitrogens with zero attached hydrogens (tertiary/aromatic N) is 3. The third kappa shape index (κ3) is 2.73. The van der Waals surface area contributed by atoms with E-state index in [0.717, 1.165) is 13.1 Å². The van der Waals surface area contributed by atoms with Crippen molar-refractivity contribution in [1.29, 1.82) is 5.26 Å². The number of amides is 1. The lowest BCUT2D eigenvalue weighted by Crippen LogP contribution is -2.60. The number of hydrogen-bond acceptors (Lipinski definition) is 3. The maximum absolute atomic E-state index is 12.0. The zero-order chi connectivity index (χ0) is 12.3. The lowest BCUT2D eigenvalue weighted by Gasteiger charge is -2.43. The van der Waals surface area contributed by atoms with Gasteiger partial charge in [-0.15, -0.1) is 0 Å². The minimum atomic E-state index is -0.249. The molecule has 0 N–H and O–H groups in total. The zero-order valence-electron chi connectivity index (χ0n) is 10.6. The topological polar surface area (TPSA) is 47.3 Å². The van der Waals surface area contributed by atoms with E-state index in [1.165, 1.54) is 0 Å². The molecule has 1 rings (SSSR count). The van der Waals surface area contributed by atoms with Crippen LogP contribution in [0.5, 0.6) is 0 Å². The SMILES string of the molecule is CC(C)CN1C(C)CN(C)C(=O)C1CC#N. The molecule has 1 fully saturated rings. The van der Waals surface area contributed by atoms with Crippen LogP contribution < -0.4 is 0 Å². The van der Waals surface area contributed by atoms with Crippen LogP contribution in [-0.4, -0.2) is 47.9 Å². The predicted molar refractivity (Wildman–Crippen MR) is 62.7 cm³/mol. The van der Waals surface area contributed by atoms with E-state index in [2.05, 4.69) is 31.7 Å². The molecule has 0 aromatic rings. The van der Waals surface area contributed by atoms with Gasteiger partial charge in [-0.25, -0.2) is 0 Å². The standard InChI is InChI=1S/C12H21N3O/c1-9(2)7-15-10(3)8-14(4)12(16)11(15)5-6-13/h9-11H,5,7-8H2,1-4H3. The number of carbonyl (C=O) groups excluding carboxylic acids is 1. The average molecular weight is 223 g/mol. The van der Waals surface area contributed by atoms with Crippen LogP contribution >= 0.6 is 0 Å². The van der Waals surface area contributed by atoms with Gasteiger partial charge in [0, 0.05) is 26.2 Å². The van der Waals surface area contributed by atoms with Gasteiger partial charge in [0.15, 0.2) is 0 Å². The van der Waals surface area contributed by atoms with Gasteiger partial charge in [0.25, 0.3) is 0 Å². The number of nitriles is 1. The summed E-state index contributed by atoms with van der Waals surface area (Å²) in [6.07, 6.45) is 0.292. The highest BCUT2D eigenvalue weighted by Crippen LogP contribution is 2.19. The molecule has 0 bridgehead atoms. The van der Waals surface area contributed by atoms with E-state index in [9.17, 15) is 4.79 Å². The molecule has 90 valence electrons. The Kier molecular flexibility index (Phi) is 4.31. The van der Waals surface area contributed by atoms with E-state index in [1.54, 1.807) is 4.90 Å². The van der Waals surface area contributed by atoms with Gasteiger partial charge >= 0.3 is 0 Å². The van der Waals surface area contributed by atoms with Crippen molar-refractivity contribution in [3.63, 3.8) is 0 Å². The van der Waals surface area contributed by atoms with Crippen LogP contribution in [0.1, 0.15) is 27.2 Å². The Morgan fingerprint density at radius 3 is 2.69 bits per heavy atom. The second-order valence-corrected chi connectivity index (χ2v) is 5.04. The Balaban J connectivity index is 2.83. The fourth-order valence-electron chi connectivity index (χ4n) is 2.31. The first-order valence-electron chi connectivity index (χ1n) is 5.85. The highest BCUT2D eigenvalue weighted by Gasteiger charge is 2.36. The average Bonchev–Trinajstić information content (AvgIpc) is 2.19. The van der Waals surface area contributed by atoms with Crippen molar-refractivity contribution < 1.29 is 4.79 Å². The van der Waals surface area contributed by atoms with E-state index in [1.807, 2.05) is 7.05 Å². The van der Waals surface area contributed by atoms with E-state index >= 15 is 0 Å². The van der Waals surface area contributed by atoms with Crippen LogP contribution in [0.3, 0.4) is 0 Å². The minimum Gasteiger partial charge on any atom is -0.343 e. The number of hydrogen-bond donors (Lipinski definition) is 0. The minimum absolute atomic E-state index is 0.0836. The van der Waals surface area contributed by atoms with Crippen LogP contribution in [0.15, 0.2) is 0 Å². The summed E-state index contributed by atoms with van der Waals surface area (Å²) in [5.74, 6) is 0.597. The summed E-state index contributed by atoms with van der Waals surface area (Å²) in [4.78, 5) is 15.9. The van der Waals surface area contributed by atoms with Gasteiger partial charge in [0.2, 0.25) is 5.91 Å². The van der Waals surface area contributed by atoms with E-state index in [0.29, 0.717) is 18.4 Å². The third-order valence-corrected chi connectivity index (χ3v) is 3.03. The molecule has 0 spiro atoms. The molecular formula is C12H21N3O. The molecule has 0 radical (unpaired) electrons. The van der Waals surface area contributed by atoms with Crippen molar-refractivity contribution in [2.24, 2.45) is 5.92 Å². The second kappa shape index (κ2) is 5.31. The molecule has 1 amide bonds. The maximum atomic E-state index is 12.0. The Morgan fingerprint density at radius 1 is 1.56 bits per heavy atom. The predicted octanol–water partition coefficient (Wildman–Crippen LogP) is 1.09. The van der Waals surface area contributed by atoms with Gasteiger partial charge in [-0.05, 0) is 12.8 Å².